The van der Waals surface area contributed by atoms with Crippen LogP contribution in [0.15, 0.2) is 34.1 Å². The van der Waals surface area contributed by atoms with Crippen LogP contribution in [0.2, 0.25) is 0 Å². The van der Waals surface area contributed by atoms with Gasteiger partial charge in [-0.05, 0) is 47.7 Å². The number of nitrogens with zero attached hydrogens (tertiary/aromatic N) is 3. The highest BCUT2D eigenvalue weighted by atomic mass is 127. The monoisotopic (exact) mass is 488 g/mol. The van der Waals surface area contributed by atoms with Crippen molar-refractivity contribution in [3.05, 3.63) is 60.4 Å². The summed E-state index contributed by atoms with van der Waals surface area (Å²) >= 11 is 1.92. The van der Waals surface area contributed by atoms with Gasteiger partial charge in [-0.15, -0.1) is 0 Å². The number of hydrogen-bond donors (Lipinski definition) is 2. The van der Waals surface area contributed by atoms with E-state index >= 15 is 0 Å². The number of aliphatic hydroxyl groups is 1. The summed E-state index contributed by atoms with van der Waals surface area (Å²) < 4.78 is 31.6. The van der Waals surface area contributed by atoms with E-state index in [4.69, 9.17) is 0 Å². The molecule has 2 heterocycles. The molecule has 10 heteroatoms. The molecule has 0 fully saturated rings. The molecule has 2 aromatic heterocycles. The fourth-order valence-corrected chi connectivity index (χ4v) is 3.12. The van der Waals surface area contributed by atoms with Gasteiger partial charge in [-0.25, -0.2) is 9.37 Å². The van der Waals surface area contributed by atoms with Crippen LogP contribution in [0.25, 0.3) is 11.0 Å². The molecule has 0 saturated carbocycles. The number of aryl methyl sites for hydroxylation is 1. The molecule has 3 aromatic rings. The lowest BCUT2D eigenvalue weighted by molar-refractivity contribution is 0.172. The van der Waals surface area contributed by atoms with Crippen LogP contribution in [-0.4, -0.2) is 25.3 Å². The van der Waals surface area contributed by atoms with E-state index in [9.17, 15) is 23.5 Å². The van der Waals surface area contributed by atoms with Crippen molar-refractivity contribution in [1.82, 2.24) is 14.1 Å². The third kappa shape index (κ3) is 3.58. The Hall–Kier alpha value is -2.34. The Kier molecular flexibility index (Phi) is 5.29. The van der Waals surface area contributed by atoms with E-state index in [-0.39, 0.29) is 23.3 Å². The highest BCUT2D eigenvalue weighted by molar-refractivity contribution is 14.1. The molecule has 0 amide bonds. The zero-order valence-electron chi connectivity index (χ0n) is 14.3. The molecule has 1 atom stereocenters. The number of nitrogens with one attached hydrogen (secondary N) is 1. The average Bonchev–Trinajstić information content (AvgIpc) is 2.60. The summed E-state index contributed by atoms with van der Waals surface area (Å²) in [4.78, 5) is 29.0. The molecule has 0 aliphatic rings. The zero-order valence-corrected chi connectivity index (χ0v) is 16.5. The minimum Gasteiger partial charge on any atom is -0.392 e. The van der Waals surface area contributed by atoms with Crippen LogP contribution in [0.1, 0.15) is 6.92 Å². The number of fused-ring (bicyclic) bond motifs is 1. The quantitative estimate of drug-likeness (QED) is 0.550. The van der Waals surface area contributed by atoms with Crippen molar-refractivity contribution in [2.75, 3.05) is 5.32 Å². The van der Waals surface area contributed by atoms with Gasteiger partial charge >= 0.3 is 0 Å². The third-order valence-electron chi connectivity index (χ3n) is 3.95. The first-order chi connectivity index (χ1) is 12.7. The first-order valence-electron chi connectivity index (χ1n) is 7.88. The van der Waals surface area contributed by atoms with E-state index in [1.165, 1.54) is 32.4 Å². The number of hydrogen-bond acceptors (Lipinski definition) is 5. The molecule has 27 heavy (non-hydrogen) atoms. The zero-order chi connectivity index (χ0) is 19.9. The average molecular weight is 488 g/mol. The lowest BCUT2D eigenvalue weighted by Gasteiger charge is -2.15. The summed E-state index contributed by atoms with van der Waals surface area (Å²) in [5.41, 5.74) is -2.26. The summed E-state index contributed by atoms with van der Waals surface area (Å²) in [5.74, 6) is -1.89. The van der Waals surface area contributed by atoms with Crippen molar-refractivity contribution >= 4 is 45.0 Å². The Bertz CT molecular complexity index is 1160. The van der Waals surface area contributed by atoms with E-state index < -0.39 is 34.5 Å². The molecule has 2 N–H and O–H groups in total. The van der Waals surface area contributed by atoms with Crippen molar-refractivity contribution in [1.29, 1.82) is 0 Å². The molecule has 0 radical (unpaired) electrons. The van der Waals surface area contributed by atoms with Crippen molar-refractivity contribution in [3.63, 3.8) is 0 Å². The molecule has 0 spiro atoms. The largest absolute Gasteiger partial charge is 0.392 e. The predicted octanol–water partition coefficient (Wildman–Crippen LogP) is 2.10. The first-order valence-corrected chi connectivity index (χ1v) is 8.96. The Labute approximate surface area is 165 Å². The van der Waals surface area contributed by atoms with E-state index in [0.717, 1.165) is 9.13 Å². The normalized spacial score (nSPS) is 12.4. The molecule has 0 aliphatic carbocycles. The maximum absolute atomic E-state index is 14.7. The molecule has 3 rings (SSSR count). The second-order valence-corrected chi connectivity index (χ2v) is 7.30. The molecule has 0 aliphatic heterocycles. The van der Waals surface area contributed by atoms with Crippen molar-refractivity contribution in [3.8, 4) is 0 Å². The number of halogens is 3. The van der Waals surface area contributed by atoms with E-state index in [0.29, 0.717) is 3.57 Å². The van der Waals surface area contributed by atoms with Crippen LogP contribution in [-0.2, 0) is 13.6 Å². The summed E-state index contributed by atoms with van der Waals surface area (Å²) in [6.45, 7) is 1.42. The topological polar surface area (TPSA) is 89.2 Å². The van der Waals surface area contributed by atoms with Gasteiger partial charge in [0, 0.05) is 10.6 Å². The predicted molar refractivity (Wildman–Crippen MR) is 105 cm³/mol. The van der Waals surface area contributed by atoms with Crippen LogP contribution in [0.4, 0.5) is 20.2 Å². The second kappa shape index (κ2) is 7.35. The molecule has 142 valence electrons. The van der Waals surface area contributed by atoms with Gasteiger partial charge < -0.3 is 10.4 Å². The Morgan fingerprint density at radius 1 is 1.30 bits per heavy atom. The Morgan fingerprint density at radius 3 is 2.63 bits per heavy atom. The number of pyridine rings is 1. The van der Waals surface area contributed by atoms with Crippen LogP contribution in [0.5, 0.6) is 0 Å². The molecule has 7 nitrogen and oxygen atoms in total. The summed E-state index contributed by atoms with van der Waals surface area (Å²) in [6, 6.07) is 4.20. The van der Waals surface area contributed by atoms with Crippen LogP contribution < -0.4 is 16.4 Å². The number of aromatic nitrogens is 3. The van der Waals surface area contributed by atoms with Gasteiger partial charge in [0.05, 0.1) is 30.4 Å². The summed E-state index contributed by atoms with van der Waals surface area (Å²) in [7, 11) is 1.29. The summed E-state index contributed by atoms with van der Waals surface area (Å²) in [6.07, 6.45) is 0.327. The van der Waals surface area contributed by atoms with Gasteiger partial charge in [0.15, 0.2) is 5.65 Å². The van der Waals surface area contributed by atoms with E-state index in [2.05, 4.69) is 10.3 Å². The standard InChI is InChI=1S/C17H15F2IN4O3/c1-8(25)6-24-7-21-15-12(16(24)26)14(13(19)17(27)23(15)2)22-11-4-3-9(20)5-10(11)18/h3-5,7-8,22,25H,6H2,1-2H3/t8-/m1/s1. The van der Waals surface area contributed by atoms with Gasteiger partial charge in [-0.1, -0.05) is 0 Å². The maximum atomic E-state index is 14.7. The minimum atomic E-state index is -1.23. The molecule has 0 saturated heterocycles. The van der Waals surface area contributed by atoms with Crippen LogP contribution in [0.3, 0.4) is 0 Å². The number of anilines is 2. The van der Waals surface area contributed by atoms with E-state index in [1.54, 1.807) is 6.07 Å². The van der Waals surface area contributed by atoms with Crippen molar-refractivity contribution in [2.45, 2.75) is 19.6 Å². The fourth-order valence-electron chi connectivity index (χ4n) is 2.67. The number of rotatable bonds is 4. The van der Waals surface area contributed by atoms with Crippen LogP contribution >= 0.6 is 22.6 Å². The highest BCUT2D eigenvalue weighted by Gasteiger charge is 2.21. The van der Waals surface area contributed by atoms with Gasteiger partial charge in [0.25, 0.3) is 11.1 Å². The molecule has 0 bridgehead atoms. The van der Waals surface area contributed by atoms with Gasteiger partial charge in [-0.2, -0.15) is 4.39 Å². The van der Waals surface area contributed by atoms with Gasteiger partial charge in [0.1, 0.15) is 11.2 Å². The second-order valence-electron chi connectivity index (χ2n) is 6.05. The lowest BCUT2D eigenvalue weighted by Crippen LogP contribution is -2.30. The third-order valence-corrected chi connectivity index (χ3v) is 4.62. The number of benzene rings is 1. The van der Waals surface area contributed by atoms with Crippen molar-refractivity contribution < 1.29 is 13.9 Å². The van der Waals surface area contributed by atoms with E-state index in [1.807, 2.05) is 22.6 Å². The van der Waals surface area contributed by atoms with Gasteiger partial charge in [0.2, 0.25) is 5.82 Å². The lowest BCUT2D eigenvalue weighted by atomic mass is 10.2. The number of aliphatic hydroxyl groups excluding tert-OH is 1. The smallest absolute Gasteiger partial charge is 0.290 e. The minimum absolute atomic E-state index is 0.0540. The Morgan fingerprint density at radius 2 is 2.00 bits per heavy atom. The van der Waals surface area contributed by atoms with Crippen LogP contribution in [0, 0.1) is 15.2 Å². The summed E-state index contributed by atoms with van der Waals surface area (Å²) in [5, 5.41) is 11.8. The molecule has 0 unspecified atom stereocenters. The van der Waals surface area contributed by atoms with Crippen molar-refractivity contribution in [2.24, 2.45) is 7.05 Å². The highest BCUT2D eigenvalue weighted by Crippen LogP contribution is 2.26. The Balaban J connectivity index is 2.32. The molecular formula is C17H15F2IN4O3. The first kappa shape index (κ1) is 19.4. The maximum Gasteiger partial charge on any atom is 0.290 e. The molecule has 1 aromatic carbocycles. The molecular weight excluding hydrogens is 473 g/mol. The fraction of sp³-hybridized carbons (Fsp3) is 0.235. The SMILES string of the molecule is C[C@@H](O)Cn1cnc2c(c(Nc3ccc(I)cc3F)c(F)c(=O)n2C)c1=O. The van der Waals surface area contributed by atoms with Gasteiger partial charge in [-0.3, -0.25) is 18.7 Å².